The van der Waals surface area contributed by atoms with Crippen molar-refractivity contribution in [1.29, 1.82) is 0 Å². The summed E-state index contributed by atoms with van der Waals surface area (Å²) in [4.78, 5) is 0. The van der Waals surface area contributed by atoms with Crippen LogP contribution in [-0.2, 0) is 13.0 Å². The van der Waals surface area contributed by atoms with Gasteiger partial charge >= 0.3 is 0 Å². The Morgan fingerprint density at radius 2 is 1.67 bits per heavy atom. The average molecular weight is 300 g/mol. The minimum atomic E-state index is 0.621. The van der Waals surface area contributed by atoms with E-state index in [4.69, 9.17) is 11.6 Å². The molecule has 0 aliphatic heterocycles. The SMILES string of the molecule is CCc1ccccc1CNC1CC(c2ccccc2Cl)C1. The van der Waals surface area contributed by atoms with Crippen molar-refractivity contribution in [1.82, 2.24) is 5.32 Å². The van der Waals surface area contributed by atoms with Crippen LogP contribution >= 0.6 is 11.6 Å². The first-order chi connectivity index (χ1) is 10.3. The molecule has 2 heteroatoms. The molecule has 1 nitrogen and oxygen atoms in total. The average Bonchev–Trinajstić information content (AvgIpc) is 2.47. The van der Waals surface area contributed by atoms with Gasteiger partial charge in [0.25, 0.3) is 0 Å². The van der Waals surface area contributed by atoms with Crippen LogP contribution in [0.25, 0.3) is 0 Å². The van der Waals surface area contributed by atoms with Gasteiger partial charge in [0, 0.05) is 17.6 Å². The van der Waals surface area contributed by atoms with Crippen molar-refractivity contribution in [3.8, 4) is 0 Å². The van der Waals surface area contributed by atoms with E-state index < -0.39 is 0 Å². The highest BCUT2D eigenvalue weighted by Gasteiger charge is 2.30. The largest absolute Gasteiger partial charge is 0.310 e. The van der Waals surface area contributed by atoms with Gasteiger partial charge < -0.3 is 5.32 Å². The Hall–Kier alpha value is -1.31. The minimum absolute atomic E-state index is 0.621. The highest BCUT2D eigenvalue weighted by atomic mass is 35.5. The molecule has 1 aliphatic rings. The molecule has 0 amide bonds. The monoisotopic (exact) mass is 299 g/mol. The van der Waals surface area contributed by atoms with Crippen molar-refractivity contribution in [2.24, 2.45) is 0 Å². The summed E-state index contributed by atoms with van der Waals surface area (Å²) in [6, 6.07) is 17.6. The van der Waals surface area contributed by atoms with Crippen molar-refractivity contribution in [2.45, 2.75) is 44.7 Å². The van der Waals surface area contributed by atoms with Gasteiger partial charge in [-0.05, 0) is 47.9 Å². The number of nitrogens with one attached hydrogen (secondary N) is 1. The van der Waals surface area contributed by atoms with Crippen LogP contribution in [0.3, 0.4) is 0 Å². The van der Waals surface area contributed by atoms with E-state index in [2.05, 4.69) is 48.6 Å². The summed E-state index contributed by atoms with van der Waals surface area (Å²) < 4.78 is 0. The highest BCUT2D eigenvalue weighted by Crippen LogP contribution is 2.39. The number of hydrogen-bond donors (Lipinski definition) is 1. The van der Waals surface area contributed by atoms with Crippen LogP contribution in [0.4, 0.5) is 0 Å². The third kappa shape index (κ3) is 3.30. The Morgan fingerprint density at radius 1 is 1.00 bits per heavy atom. The van der Waals surface area contributed by atoms with Gasteiger partial charge in [-0.25, -0.2) is 0 Å². The van der Waals surface area contributed by atoms with Crippen LogP contribution in [0.5, 0.6) is 0 Å². The summed E-state index contributed by atoms with van der Waals surface area (Å²) in [5.74, 6) is 0.623. The molecule has 0 radical (unpaired) electrons. The molecule has 0 saturated heterocycles. The molecule has 0 aromatic heterocycles. The molecule has 2 aromatic rings. The molecular formula is C19H22ClN. The standard InChI is InChI=1S/C19H22ClN/c1-2-14-7-3-4-8-15(14)13-21-17-11-16(12-17)18-9-5-6-10-19(18)20/h3-10,16-17,21H,2,11-13H2,1H3. The molecule has 21 heavy (non-hydrogen) atoms. The second kappa shape index (κ2) is 6.64. The number of benzene rings is 2. The molecule has 1 N–H and O–H groups in total. The summed E-state index contributed by atoms with van der Waals surface area (Å²) in [5.41, 5.74) is 4.19. The van der Waals surface area contributed by atoms with Gasteiger partial charge in [0.15, 0.2) is 0 Å². The zero-order chi connectivity index (χ0) is 14.7. The van der Waals surface area contributed by atoms with Crippen molar-refractivity contribution in [2.75, 3.05) is 0 Å². The molecule has 0 unspecified atom stereocenters. The maximum absolute atomic E-state index is 6.27. The quantitative estimate of drug-likeness (QED) is 0.824. The lowest BCUT2D eigenvalue weighted by atomic mass is 9.76. The van der Waals surface area contributed by atoms with Gasteiger partial charge in [-0.3, -0.25) is 0 Å². The molecule has 1 saturated carbocycles. The van der Waals surface area contributed by atoms with Crippen molar-refractivity contribution >= 4 is 11.6 Å². The van der Waals surface area contributed by atoms with E-state index in [9.17, 15) is 0 Å². The van der Waals surface area contributed by atoms with Gasteiger partial charge in [-0.1, -0.05) is 61.0 Å². The lowest BCUT2D eigenvalue weighted by molar-refractivity contribution is 0.289. The number of halogens is 1. The van der Waals surface area contributed by atoms with E-state index in [-0.39, 0.29) is 0 Å². The molecule has 1 fully saturated rings. The molecule has 1 aliphatic carbocycles. The van der Waals surface area contributed by atoms with Crippen LogP contribution in [0.15, 0.2) is 48.5 Å². The van der Waals surface area contributed by atoms with E-state index >= 15 is 0 Å². The van der Waals surface area contributed by atoms with Crippen LogP contribution in [0.2, 0.25) is 5.02 Å². The van der Waals surface area contributed by atoms with Gasteiger partial charge in [0.2, 0.25) is 0 Å². The number of rotatable bonds is 5. The lowest BCUT2D eigenvalue weighted by Crippen LogP contribution is -2.39. The predicted molar refractivity (Wildman–Crippen MR) is 89.9 cm³/mol. The molecule has 0 bridgehead atoms. The molecule has 0 heterocycles. The number of hydrogen-bond acceptors (Lipinski definition) is 1. The molecule has 2 aromatic carbocycles. The second-order valence-electron chi connectivity index (χ2n) is 5.89. The third-order valence-electron chi connectivity index (χ3n) is 4.56. The Labute approximate surface area is 132 Å². The summed E-state index contributed by atoms with van der Waals surface area (Å²) in [6.07, 6.45) is 3.49. The Kier molecular flexibility index (Phi) is 4.62. The van der Waals surface area contributed by atoms with Gasteiger partial charge in [-0.15, -0.1) is 0 Å². The first-order valence-electron chi connectivity index (χ1n) is 7.82. The fraction of sp³-hybridized carbons (Fsp3) is 0.368. The van der Waals surface area contributed by atoms with E-state index in [1.807, 2.05) is 12.1 Å². The van der Waals surface area contributed by atoms with Gasteiger partial charge in [-0.2, -0.15) is 0 Å². The summed E-state index contributed by atoms with van der Waals surface area (Å²) >= 11 is 6.27. The normalized spacial score (nSPS) is 21.0. The maximum Gasteiger partial charge on any atom is 0.0440 e. The highest BCUT2D eigenvalue weighted by molar-refractivity contribution is 6.31. The van der Waals surface area contributed by atoms with Gasteiger partial charge in [0.1, 0.15) is 0 Å². The Balaban J connectivity index is 1.53. The first-order valence-corrected chi connectivity index (χ1v) is 8.20. The van der Waals surface area contributed by atoms with Gasteiger partial charge in [0.05, 0.1) is 0 Å². The van der Waals surface area contributed by atoms with Crippen LogP contribution in [0, 0.1) is 0 Å². The number of aryl methyl sites for hydroxylation is 1. The summed E-state index contributed by atoms with van der Waals surface area (Å²) in [6.45, 7) is 3.19. The maximum atomic E-state index is 6.27. The lowest BCUT2D eigenvalue weighted by Gasteiger charge is -2.37. The van der Waals surface area contributed by atoms with Crippen molar-refractivity contribution in [3.05, 3.63) is 70.2 Å². The van der Waals surface area contributed by atoms with Crippen LogP contribution in [-0.4, -0.2) is 6.04 Å². The molecule has 0 spiro atoms. The summed E-state index contributed by atoms with van der Waals surface area (Å²) in [5, 5.41) is 4.60. The molecular weight excluding hydrogens is 278 g/mol. The van der Waals surface area contributed by atoms with E-state index in [1.165, 1.54) is 29.5 Å². The fourth-order valence-corrected chi connectivity index (χ4v) is 3.46. The van der Waals surface area contributed by atoms with E-state index in [1.54, 1.807) is 0 Å². The van der Waals surface area contributed by atoms with E-state index in [0.29, 0.717) is 12.0 Å². The molecule has 0 atom stereocenters. The zero-order valence-electron chi connectivity index (χ0n) is 12.5. The topological polar surface area (TPSA) is 12.0 Å². The smallest absolute Gasteiger partial charge is 0.0440 e. The minimum Gasteiger partial charge on any atom is -0.310 e. The van der Waals surface area contributed by atoms with E-state index in [0.717, 1.165) is 18.0 Å². The third-order valence-corrected chi connectivity index (χ3v) is 4.91. The molecule has 3 rings (SSSR count). The van der Waals surface area contributed by atoms with Crippen LogP contribution < -0.4 is 5.32 Å². The summed E-state index contributed by atoms with van der Waals surface area (Å²) in [7, 11) is 0. The Morgan fingerprint density at radius 3 is 2.38 bits per heavy atom. The van der Waals surface area contributed by atoms with Crippen molar-refractivity contribution < 1.29 is 0 Å². The zero-order valence-corrected chi connectivity index (χ0v) is 13.2. The first kappa shape index (κ1) is 14.6. The fourth-order valence-electron chi connectivity index (χ4n) is 3.17. The predicted octanol–water partition coefficient (Wildman–Crippen LogP) is 4.94. The molecule has 110 valence electrons. The Bertz CT molecular complexity index is 602. The van der Waals surface area contributed by atoms with Crippen LogP contribution in [0.1, 0.15) is 42.4 Å². The van der Waals surface area contributed by atoms with Crippen molar-refractivity contribution in [3.63, 3.8) is 0 Å². The second-order valence-corrected chi connectivity index (χ2v) is 6.30.